The van der Waals surface area contributed by atoms with Gasteiger partial charge in [-0.3, -0.25) is 9.97 Å². The number of hydrogen-bond donors (Lipinski definition) is 0. The van der Waals surface area contributed by atoms with Crippen LogP contribution in [0, 0.1) is 0 Å². The highest BCUT2D eigenvalue weighted by Gasteiger charge is 2.02. The Kier molecular flexibility index (Phi) is 3.97. The lowest BCUT2D eigenvalue weighted by Gasteiger charge is -2.05. The Labute approximate surface area is 130 Å². The summed E-state index contributed by atoms with van der Waals surface area (Å²) in [6.45, 7) is 6.17. The standard InChI is InChI=1S/C19H17N3/c1-3-16(18-5-4-10-20-13-18)7-6-15(2)22-12-9-17-8-11-21-14-19(17)22/h3-14H,2H2,1H3/b7-6-,16-3+. The maximum Gasteiger partial charge on any atom is 0.0712 e. The van der Waals surface area contributed by atoms with Gasteiger partial charge in [-0.25, -0.2) is 0 Å². The molecule has 0 aliphatic rings. The first-order valence-electron chi connectivity index (χ1n) is 7.15. The Morgan fingerprint density at radius 1 is 1.09 bits per heavy atom. The van der Waals surface area contributed by atoms with E-state index in [1.165, 1.54) is 0 Å². The molecule has 0 N–H and O–H groups in total. The molecule has 0 atom stereocenters. The molecule has 0 spiro atoms. The molecule has 3 heterocycles. The number of nitrogens with zero attached hydrogens (tertiary/aromatic N) is 3. The second-order valence-corrected chi connectivity index (χ2v) is 4.93. The van der Waals surface area contributed by atoms with Crippen molar-refractivity contribution in [3.8, 4) is 0 Å². The highest BCUT2D eigenvalue weighted by molar-refractivity contribution is 5.84. The third kappa shape index (κ3) is 2.74. The largest absolute Gasteiger partial charge is 0.316 e. The molecule has 3 aromatic heterocycles. The third-order valence-electron chi connectivity index (χ3n) is 3.57. The summed E-state index contributed by atoms with van der Waals surface area (Å²) in [7, 11) is 0. The lowest BCUT2D eigenvalue weighted by molar-refractivity contribution is 1.17. The minimum atomic E-state index is 0.895. The van der Waals surface area contributed by atoms with Crippen LogP contribution in [-0.2, 0) is 0 Å². The van der Waals surface area contributed by atoms with E-state index in [1.54, 1.807) is 12.4 Å². The van der Waals surface area contributed by atoms with Gasteiger partial charge in [0.15, 0.2) is 0 Å². The van der Waals surface area contributed by atoms with Crippen molar-refractivity contribution in [1.29, 1.82) is 0 Å². The van der Waals surface area contributed by atoms with E-state index in [1.807, 2.05) is 54.4 Å². The van der Waals surface area contributed by atoms with E-state index in [0.717, 1.165) is 27.7 Å². The van der Waals surface area contributed by atoms with Gasteiger partial charge >= 0.3 is 0 Å². The SMILES string of the molecule is C=C(/C=C\C(=C/C)c1cccnc1)n1ccc2ccncc21. The van der Waals surface area contributed by atoms with E-state index in [-0.39, 0.29) is 0 Å². The smallest absolute Gasteiger partial charge is 0.0712 e. The van der Waals surface area contributed by atoms with Gasteiger partial charge in [0.2, 0.25) is 0 Å². The summed E-state index contributed by atoms with van der Waals surface area (Å²) in [6.07, 6.45) is 15.4. The fraction of sp³-hybridized carbons (Fsp3) is 0.0526. The van der Waals surface area contributed by atoms with Crippen LogP contribution in [-0.4, -0.2) is 14.5 Å². The Morgan fingerprint density at radius 2 is 1.95 bits per heavy atom. The molecular formula is C19H17N3. The Morgan fingerprint density at radius 3 is 2.73 bits per heavy atom. The summed E-state index contributed by atoms with van der Waals surface area (Å²) in [5, 5.41) is 1.16. The van der Waals surface area contributed by atoms with Crippen molar-refractivity contribution in [2.75, 3.05) is 0 Å². The molecular weight excluding hydrogens is 270 g/mol. The van der Waals surface area contributed by atoms with Gasteiger partial charge in [-0.15, -0.1) is 0 Å². The van der Waals surface area contributed by atoms with Gasteiger partial charge in [-0.05, 0) is 42.3 Å². The van der Waals surface area contributed by atoms with Gasteiger partial charge in [0, 0.05) is 35.9 Å². The highest BCUT2D eigenvalue weighted by Crippen LogP contribution is 2.20. The van der Waals surface area contributed by atoms with Gasteiger partial charge in [0.25, 0.3) is 0 Å². The van der Waals surface area contributed by atoms with E-state index in [2.05, 4.69) is 34.8 Å². The molecule has 3 rings (SSSR count). The molecule has 0 aliphatic carbocycles. The summed E-state index contributed by atoms with van der Waals surface area (Å²) in [6, 6.07) is 8.04. The molecule has 0 unspecified atom stereocenters. The zero-order valence-corrected chi connectivity index (χ0v) is 12.5. The lowest BCUT2D eigenvalue weighted by atomic mass is 10.1. The molecule has 3 nitrogen and oxygen atoms in total. The predicted octanol–water partition coefficient (Wildman–Crippen LogP) is 4.56. The van der Waals surface area contributed by atoms with Crippen LogP contribution < -0.4 is 0 Å². The van der Waals surface area contributed by atoms with Crippen LogP contribution in [0.1, 0.15) is 12.5 Å². The first kappa shape index (κ1) is 14.0. The van der Waals surface area contributed by atoms with Crippen molar-refractivity contribution < 1.29 is 0 Å². The van der Waals surface area contributed by atoms with E-state index in [9.17, 15) is 0 Å². The average molecular weight is 287 g/mol. The molecule has 0 aliphatic heterocycles. The van der Waals surface area contributed by atoms with Crippen LogP contribution in [0.5, 0.6) is 0 Å². The van der Waals surface area contributed by atoms with Crippen molar-refractivity contribution in [1.82, 2.24) is 14.5 Å². The van der Waals surface area contributed by atoms with Gasteiger partial charge in [0.1, 0.15) is 0 Å². The minimum absolute atomic E-state index is 0.895. The third-order valence-corrected chi connectivity index (χ3v) is 3.57. The second-order valence-electron chi connectivity index (χ2n) is 4.93. The normalized spacial score (nSPS) is 12.1. The molecule has 22 heavy (non-hydrogen) atoms. The summed E-state index contributed by atoms with van der Waals surface area (Å²) in [5.74, 6) is 0. The first-order chi connectivity index (χ1) is 10.8. The molecule has 0 amide bonds. The predicted molar refractivity (Wildman–Crippen MR) is 92.1 cm³/mol. The van der Waals surface area contributed by atoms with E-state index in [0.29, 0.717) is 0 Å². The second kappa shape index (κ2) is 6.22. The van der Waals surface area contributed by atoms with Gasteiger partial charge in [-0.1, -0.05) is 24.8 Å². The molecule has 108 valence electrons. The van der Waals surface area contributed by atoms with Crippen LogP contribution in [0.2, 0.25) is 0 Å². The van der Waals surface area contributed by atoms with Crippen LogP contribution in [0.3, 0.4) is 0 Å². The quantitative estimate of drug-likeness (QED) is 0.658. The Bertz CT molecular complexity index is 855. The van der Waals surface area contributed by atoms with Crippen molar-refractivity contribution >= 4 is 22.2 Å². The molecule has 3 heteroatoms. The molecule has 3 aromatic rings. The zero-order chi connectivity index (χ0) is 15.4. The summed E-state index contributed by atoms with van der Waals surface area (Å²) in [5.41, 5.74) is 4.16. The average Bonchev–Trinajstić information content (AvgIpc) is 3.00. The molecule has 0 radical (unpaired) electrons. The monoisotopic (exact) mass is 287 g/mol. The van der Waals surface area contributed by atoms with Crippen LogP contribution in [0.4, 0.5) is 0 Å². The van der Waals surface area contributed by atoms with Gasteiger partial charge in [0.05, 0.1) is 11.7 Å². The molecule has 0 aromatic carbocycles. The number of rotatable bonds is 4. The van der Waals surface area contributed by atoms with Crippen molar-refractivity contribution in [3.05, 3.63) is 85.6 Å². The summed E-state index contributed by atoms with van der Waals surface area (Å²) in [4.78, 5) is 8.34. The number of pyridine rings is 2. The maximum atomic E-state index is 4.18. The molecule has 0 saturated carbocycles. The van der Waals surface area contributed by atoms with E-state index in [4.69, 9.17) is 0 Å². The van der Waals surface area contributed by atoms with Crippen LogP contribution in [0.25, 0.3) is 22.2 Å². The van der Waals surface area contributed by atoms with E-state index < -0.39 is 0 Å². The van der Waals surface area contributed by atoms with Crippen molar-refractivity contribution in [2.45, 2.75) is 6.92 Å². The molecule has 0 saturated heterocycles. The fourth-order valence-electron chi connectivity index (χ4n) is 2.38. The number of aromatic nitrogens is 3. The maximum absolute atomic E-state index is 4.18. The number of fused-ring (bicyclic) bond motifs is 1. The zero-order valence-electron chi connectivity index (χ0n) is 12.5. The minimum Gasteiger partial charge on any atom is -0.316 e. The van der Waals surface area contributed by atoms with E-state index >= 15 is 0 Å². The van der Waals surface area contributed by atoms with Crippen LogP contribution in [0.15, 0.2) is 80.1 Å². The van der Waals surface area contributed by atoms with Crippen molar-refractivity contribution in [2.24, 2.45) is 0 Å². The van der Waals surface area contributed by atoms with Gasteiger partial charge in [-0.2, -0.15) is 0 Å². The lowest BCUT2D eigenvalue weighted by Crippen LogP contribution is -1.91. The number of hydrogen-bond acceptors (Lipinski definition) is 2. The summed E-state index contributed by atoms with van der Waals surface area (Å²) >= 11 is 0. The molecule has 0 fully saturated rings. The van der Waals surface area contributed by atoms with Crippen LogP contribution >= 0.6 is 0 Å². The fourth-order valence-corrected chi connectivity index (χ4v) is 2.38. The first-order valence-corrected chi connectivity index (χ1v) is 7.15. The molecule has 0 bridgehead atoms. The topological polar surface area (TPSA) is 30.7 Å². The Hall–Kier alpha value is -2.94. The number of allylic oxidation sites excluding steroid dienone is 5. The Balaban J connectivity index is 1.87. The highest BCUT2D eigenvalue weighted by atomic mass is 15.0. The van der Waals surface area contributed by atoms with Crippen molar-refractivity contribution in [3.63, 3.8) is 0 Å². The summed E-state index contributed by atoms with van der Waals surface area (Å²) < 4.78 is 2.04. The van der Waals surface area contributed by atoms with Gasteiger partial charge < -0.3 is 4.57 Å².